The standard InChI is InChI=1S/C12H18BrNO3/c1-9(14)11-3-2-10(13)8-12(11)17-7-6-16-5-4-15/h2-3,8-9,15H,4-7,14H2,1H3/t9-/m0/s1. The Hall–Kier alpha value is -0.620. The molecule has 17 heavy (non-hydrogen) atoms. The molecule has 3 N–H and O–H groups in total. The summed E-state index contributed by atoms with van der Waals surface area (Å²) in [5.41, 5.74) is 6.82. The van der Waals surface area contributed by atoms with Gasteiger partial charge in [-0.3, -0.25) is 0 Å². The molecular weight excluding hydrogens is 286 g/mol. The molecule has 0 spiro atoms. The molecule has 0 heterocycles. The van der Waals surface area contributed by atoms with E-state index in [2.05, 4.69) is 15.9 Å². The molecule has 1 atom stereocenters. The Morgan fingerprint density at radius 1 is 1.35 bits per heavy atom. The van der Waals surface area contributed by atoms with Crippen molar-refractivity contribution < 1.29 is 14.6 Å². The van der Waals surface area contributed by atoms with Crippen LogP contribution in [0, 0.1) is 0 Å². The van der Waals surface area contributed by atoms with Gasteiger partial charge in [-0.2, -0.15) is 0 Å². The summed E-state index contributed by atoms with van der Waals surface area (Å²) in [5.74, 6) is 0.766. The van der Waals surface area contributed by atoms with Crippen LogP contribution in [0.15, 0.2) is 22.7 Å². The number of benzene rings is 1. The number of nitrogens with two attached hydrogens (primary N) is 1. The number of rotatable bonds is 7. The fraction of sp³-hybridized carbons (Fsp3) is 0.500. The zero-order chi connectivity index (χ0) is 12.7. The summed E-state index contributed by atoms with van der Waals surface area (Å²) in [6.07, 6.45) is 0. The summed E-state index contributed by atoms with van der Waals surface area (Å²) in [6, 6.07) is 5.70. The average molecular weight is 304 g/mol. The van der Waals surface area contributed by atoms with Gasteiger partial charge in [0, 0.05) is 16.1 Å². The van der Waals surface area contributed by atoms with E-state index < -0.39 is 0 Å². The maximum Gasteiger partial charge on any atom is 0.125 e. The molecule has 0 aliphatic carbocycles. The minimum absolute atomic E-state index is 0.0297. The highest BCUT2D eigenvalue weighted by Gasteiger charge is 2.08. The van der Waals surface area contributed by atoms with Gasteiger partial charge in [0.15, 0.2) is 0 Å². The van der Waals surface area contributed by atoms with Gasteiger partial charge >= 0.3 is 0 Å². The first-order chi connectivity index (χ1) is 8.15. The fourth-order valence-corrected chi connectivity index (χ4v) is 1.73. The van der Waals surface area contributed by atoms with Gasteiger partial charge in [-0.05, 0) is 19.1 Å². The van der Waals surface area contributed by atoms with E-state index in [9.17, 15) is 0 Å². The van der Waals surface area contributed by atoms with E-state index in [1.54, 1.807) is 0 Å². The highest BCUT2D eigenvalue weighted by atomic mass is 79.9. The van der Waals surface area contributed by atoms with Gasteiger partial charge in [-0.25, -0.2) is 0 Å². The van der Waals surface area contributed by atoms with Crippen molar-refractivity contribution in [2.75, 3.05) is 26.4 Å². The van der Waals surface area contributed by atoms with Crippen LogP contribution in [0.3, 0.4) is 0 Å². The van der Waals surface area contributed by atoms with Crippen LogP contribution in [-0.4, -0.2) is 31.5 Å². The summed E-state index contributed by atoms with van der Waals surface area (Å²) >= 11 is 3.39. The second-order valence-electron chi connectivity index (χ2n) is 3.66. The van der Waals surface area contributed by atoms with Gasteiger partial charge in [0.05, 0.1) is 19.8 Å². The topological polar surface area (TPSA) is 64.7 Å². The molecule has 0 aromatic heterocycles. The number of halogens is 1. The molecule has 0 aliphatic heterocycles. The molecule has 1 aromatic carbocycles. The van der Waals surface area contributed by atoms with Gasteiger partial charge < -0.3 is 20.3 Å². The van der Waals surface area contributed by atoms with Crippen LogP contribution >= 0.6 is 15.9 Å². The number of aliphatic hydroxyl groups is 1. The second-order valence-corrected chi connectivity index (χ2v) is 4.57. The molecule has 1 rings (SSSR count). The summed E-state index contributed by atoms with van der Waals surface area (Å²) in [6.45, 7) is 3.17. The highest BCUT2D eigenvalue weighted by Crippen LogP contribution is 2.27. The molecule has 0 bridgehead atoms. The number of aliphatic hydroxyl groups excluding tert-OH is 1. The SMILES string of the molecule is C[C@H](N)c1ccc(Br)cc1OCCOCCO. The first-order valence-corrected chi connectivity index (χ1v) is 6.31. The largest absolute Gasteiger partial charge is 0.491 e. The Morgan fingerprint density at radius 3 is 2.76 bits per heavy atom. The predicted molar refractivity (Wildman–Crippen MR) is 70.1 cm³/mol. The lowest BCUT2D eigenvalue weighted by atomic mass is 10.1. The third kappa shape index (κ3) is 5.04. The van der Waals surface area contributed by atoms with Gasteiger partial charge in [0.1, 0.15) is 12.4 Å². The Balaban J connectivity index is 2.53. The van der Waals surface area contributed by atoms with Crippen molar-refractivity contribution in [2.24, 2.45) is 5.73 Å². The summed E-state index contributed by atoms with van der Waals surface area (Å²) in [4.78, 5) is 0. The normalized spacial score (nSPS) is 12.5. The van der Waals surface area contributed by atoms with Crippen molar-refractivity contribution in [2.45, 2.75) is 13.0 Å². The maximum atomic E-state index is 8.55. The zero-order valence-electron chi connectivity index (χ0n) is 9.86. The monoisotopic (exact) mass is 303 g/mol. The third-order valence-corrected chi connectivity index (χ3v) is 2.68. The molecule has 1 aromatic rings. The third-order valence-electron chi connectivity index (χ3n) is 2.19. The number of hydrogen-bond acceptors (Lipinski definition) is 4. The molecule has 0 saturated carbocycles. The molecule has 4 nitrogen and oxygen atoms in total. The Kier molecular flexibility index (Phi) is 6.50. The van der Waals surface area contributed by atoms with Crippen LogP contribution < -0.4 is 10.5 Å². The van der Waals surface area contributed by atoms with Crippen molar-refractivity contribution >= 4 is 15.9 Å². The van der Waals surface area contributed by atoms with Crippen molar-refractivity contribution in [3.8, 4) is 5.75 Å². The second kappa shape index (κ2) is 7.66. The van der Waals surface area contributed by atoms with Crippen LogP contribution in [0.5, 0.6) is 5.75 Å². The van der Waals surface area contributed by atoms with Crippen molar-refractivity contribution in [3.05, 3.63) is 28.2 Å². The first kappa shape index (κ1) is 14.4. The lowest BCUT2D eigenvalue weighted by Crippen LogP contribution is -2.12. The molecule has 0 unspecified atom stereocenters. The molecular formula is C12H18BrNO3. The smallest absolute Gasteiger partial charge is 0.125 e. The van der Waals surface area contributed by atoms with E-state index >= 15 is 0 Å². The first-order valence-electron chi connectivity index (χ1n) is 5.51. The van der Waals surface area contributed by atoms with Crippen molar-refractivity contribution in [3.63, 3.8) is 0 Å². The van der Waals surface area contributed by atoms with Gasteiger partial charge in [0.25, 0.3) is 0 Å². The lowest BCUT2D eigenvalue weighted by molar-refractivity contribution is 0.0702. The molecule has 0 amide bonds. The minimum Gasteiger partial charge on any atom is -0.491 e. The zero-order valence-corrected chi connectivity index (χ0v) is 11.4. The van der Waals surface area contributed by atoms with E-state index in [0.717, 1.165) is 15.8 Å². The van der Waals surface area contributed by atoms with E-state index in [0.29, 0.717) is 19.8 Å². The van der Waals surface area contributed by atoms with Crippen LogP contribution in [0.25, 0.3) is 0 Å². The predicted octanol–water partition coefficient (Wildman–Crippen LogP) is 1.86. The Bertz CT molecular complexity index is 345. The summed E-state index contributed by atoms with van der Waals surface area (Å²) in [7, 11) is 0. The van der Waals surface area contributed by atoms with Gasteiger partial charge in [0.2, 0.25) is 0 Å². The minimum atomic E-state index is -0.0727. The lowest BCUT2D eigenvalue weighted by Gasteiger charge is -2.14. The number of hydrogen-bond donors (Lipinski definition) is 2. The molecule has 96 valence electrons. The Morgan fingerprint density at radius 2 is 2.12 bits per heavy atom. The Labute approximate surface area is 110 Å². The molecule has 0 saturated heterocycles. The summed E-state index contributed by atoms with van der Waals surface area (Å²) in [5, 5.41) is 8.55. The average Bonchev–Trinajstić information content (AvgIpc) is 2.28. The van der Waals surface area contributed by atoms with Gasteiger partial charge in [-0.15, -0.1) is 0 Å². The quantitative estimate of drug-likeness (QED) is 0.755. The highest BCUT2D eigenvalue weighted by molar-refractivity contribution is 9.10. The van der Waals surface area contributed by atoms with Crippen molar-refractivity contribution in [1.29, 1.82) is 0 Å². The molecule has 0 aliphatic rings. The van der Waals surface area contributed by atoms with Crippen molar-refractivity contribution in [1.82, 2.24) is 0 Å². The van der Waals surface area contributed by atoms with Crippen LogP contribution in [-0.2, 0) is 4.74 Å². The summed E-state index contributed by atoms with van der Waals surface area (Å²) < 4.78 is 11.7. The van der Waals surface area contributed by atoms with Crippen LogP contribution in [0.2, 0.25) is 0 Å². The van der Waals surface area contributed by atoms with E-state index in [1.165, 1.54) is 0 Å². The molecule has 0 radical (unpaired) electrons. The van der Waals surface area contributed by atoms with Gasteiger partial charge in [-0.1, -0.05) is 22.0 Å². The van der Waals surface area contributed by atoms with Crippen LogP contribution in [0.4, 0.5) is 0 Å². The van der Waals surface area contributed by atoms with E-state index in [4.69, 9.17) is 20.3 Å². The molecule has 5 heteroatoms. The maximum absolute atomic E-state index is 8.55. The van der Waals surface area contributed by atoms with E-state index in [-0.39, 0.29) is 12.6 Å². The van der Waals surface area contributed by atoms with Crippen LogP contribution in [0.1, 0.15) is 18.5 Å². The number of ether oxygens (including phenoxy) is 2. The molecule has 0 fully saturated rings. The van der Waals surface area contributed by atoms with E-state index in [1.807, 2.05) is 25.1 Å². The fourth-order valence-electron chi connectivity index (χ4n) is 1.39.